The Kier molecular flexibility index (Phi) is 14.0. The lowest BCUT2D eigenvalue weighted by Crippen LogP contribution is -1.77. The van der Waals surface area contributed by atoms with Crippen LogP contribution >= 0.6 is 0 Å². The van der Waals surface area contributed by atoms with E-state index in [-0.39, 0.29) is 6.61 Å². The number of aliphatic hydroxyl groups is 1. The Balaban J connectivity index is 3.35. The van der Waals surface area contributed by atoms with E-state index >= 15 is 0 Å². The molecule has 0 unspecified atom stereocenters. The standard InChI is InChI=1S/C16H26O/c1-2-3-4-5-6-7-8-9-10-11-12-13-14-15-16-17/h3-4,6-7,9-10,12-13,17H,2,5,8,11,14-16H2,1H3. The van der Waals surface area contributed by atoms with Gasteiger partial charge in [0.2, 0.25) is 0 Å². The van der Waals surface area contributed by atoms with Crippen molar-refractivity contribution in [1.29, 1.82) is 0 Å². The summed E-state index contributed by atoms with van der Waals surface area (Å²) in [5, 5.41) is 8.58. The fourth-order valence-electron chi connectivity index (χ4n) is 1.31. The highest BCUT2D eigenvalue weighted by Crippen LogP contribution is 1.95. The maximum Gasteiger partial charge on any atom is 0.0433 e. The van der Waals surface area contributed by atoms with Crippen LogP contribution in [0.1, 0.15) is 45.4 Å². The summed E-state index contributed by atoms with van der Waals surface area (Å²) in [5.41, 5.74) is 0. The second-order valence-corrected chi connectivity index (χ2v) is 3.87. The third-order valence-corrected chi connectivity index (χ3v) is 2.25. The summed E-state index contributed by atoms with van der Waals surface area (Å²) in [6, 6.07) is 0. The van der Waals surface area contributed by atoms with Crippen LogP contribution in [-0.2, 0) is 0 Å². The van der Waals surface area contributed by atoms with Gasteiger partial charge in [-0.05, 0) is 38.5 Å². The number of hydrogen-bond donors (Lipinski definition) is 1. The molecule has 0 spiro atoms. The van der Waals surface area contributed by atoms with E-state index in [9.17, 15) is 0 Å². The molecule has 0 aromatic heterocycles. The quantitative estimate of drug-likeness (QED) is 0.434. The SMILES string of the molecule is CCC=CCC=CCC=CCC=CCCCO. The Morgan fingerprint density at radius 1 is 0.706 bits per heavy atom. The molecule has 1 nitrogen and oxygen atoms in total. The van der Waals surface area contributed by atoms with E-state index in [0.29, 0.717) is 0 Å². The van der Waals surface area contributed by atoms with Gasteiger partial charge in [0.1, 0.15) is 0 Å². The van der Waals surface area contributed by atoms with Crippen molar-refractivity contribution in [2.75, 3.05) is 6.61 Å². The van der Waals surface area contributed by atoms with Gasteiger partial charge in [-0.25, -0.2) is 0 Å². The molecule has 0 rings (SSSR count). The van der Waals surface area contributed by atoms with E-state index in [1.807, 2.05) is 0 Å². The maximum absolute atomic E-state index is 8.58. The van der Waals surface area contributed by atoms with Gasteiger partial charge in [-0.1, -0.05) is 55.5 Å². The molecule has 0 amide bonds. The summed E-state index contributed by atoms with van der Waals surface area (Å²) in [5.74, 6) is 0. The number of hydrogen-bond acceptors (Lipinski definition) is 1. The van der Waals surface area contributed by atoms with Gasteiger partial charge in [-0.15, -0.1) is 0 Å². The maximum atomic E-state index is 8.58. The first-order valence-electron chi connectivity index (χ1n) is 6.62. The van der Waals surface area contributed by atoms with Gasteiger partial charge in [0.25, 0.3) is 0 Å². The van der Waals surface area contributed by atoms with Crippen LogP contribution in [0.2, 0.25) is 0 Å². The minimum absolute atomic E-state index is 0.289. The first-order chi connectivity index (χ1) is 8.41. The molecular weight excluding hydrogens is 208 g/mol. The van der Waals surface area contributed by atoms with Crippen molar-refractivity contribution in [2.45, 2.75) is 45.4 Å². The van der Waals surface area contributed by atoms with Crippen LogP contribution in [0, 0.1) is 0 Å². The second-order valence-electron chi connectivity index (χ2n) is 3.87. The average Bonchev–Trinajstić information content (AvgIpc) is 2.35. The summed E-state index contributed by atoms with van der Waals surface area (Å²) < 4.78 is 0. The zero-order valence-corrected chi connectivity index (χ0v) is 11.0. The van der Waals surface area contributed by atoms with E-state index in [0.717, 1.165) is 38.5 Å². The lowest BCUT2D eigenvalue weighted by molar-refractivity contribution is 0.289. The monoisotopic (exact) mass is 234 g/mol. The zero-order valence-electron chi connectivity index (χ0n) is 11.0. The Labute approximate surface area is 106 Å². The molecule has 0 aliphatic carbocycles. The minimum atomic E-state index is 0.289. The van der Waals surface area contributed by atoms with Crippen LogP contribution in [0.4, 0.5) is 0 Å². The molecular formula is C16H26O. The minimum Gasteiger partial charge on any atom is -0.396 e. The molecule has 0 saturated heterocycles. The number of allylic oxidation sites excluding steroid dienone is 8. The van der Waals surface area contributed by atoms with Gasteiger partial charge < -0.3 is 5.11 Å². The molecule has 1 N–H and O–H groups in total. The fourth-order valence-corrected chi connectivity index (χ4v) is 1.31. The van der Waals surface area contributed by atoms with Gasteiger partial charge >= 0.3 is 0 Å². The van der Waals surface area contributed by atoms with Crippen LogP contribution in [0.5, 0.6) is 0 Å². The second kappa shape index (κ2) is 14.9. The van der Waals surface area contributed by atoms with Crippen molar-refractivity contribution in [2.24, 2.45) is 0 Å². The lowest BCUT2D eigenvalue weighted by atomic mass is 10.2. The summed E-state index contributed by atoms with van der Waals surface area (Å²) in [6.07, 6.45) is 23.5. The summed E-state index contributed by atoms with van der Waals surface area (Å²) >= 11 is 0. The van der Waals surface area contributed by atoms with Gasteiger partial charge in [-0.3, -0.25) is 0 Å². The van der Waals surface area contributed by atoms with Gasteiger partial charge in [-0.2, -0.15) is 0 Å². The van der Waals surface area contributed by atoms with Gasteiger partial charge in [0.15, 0.2) is 0 Å². The highest BCUT2D eigenvalue weighted by Gasteiger charge is 1.77. The lowest BCUT2D eigenvalue weighted by Gasteiger charge is -1.87. The van der Waals surface area contributed by atoms with E-state index in [2.05, 4.69) is 55.5 Å². The van der Waals surface area contributed by atoms with Gasteiger partial charge in [0, 0.05) is 6.61 Å². The van der Waals surface area contributed by atoms with Crippen molar-refractivity contribution >= 4 is 0 Å². The predicted molar refractivity (Wildman–Crippen MR) is 77.0 cm³/mol. The van der Waals surface area contributed by atoms with Gasteiger partial charge in [0.05, 0.1) is 0 Å². The number of aliphatic hydroxyl groups excluding tert-OH is 1. The molecule has 17 heavy (non-hydrogen) atoms. The summed E-state index contributed by atoms with van der Waals surface area (Å²) in [7, 11) is 0. The summed E-state index contributed by atoms with van der Waals surface area (Å²) in [4.78, 5) is 0. The van der Waals surface area contributed by atoms with Crippen LogP contribution in [-0.4, -0.2) is 11.7 Å². The normalized spacial score (nSPS) is 12.8. The Hall–Kier alpha value is -1.08. The molecule has 0 aromatic rings. The van der Waals surface area contributed by atoms with Crippen molar-refractivity contribution in [3.8, 4) is 0 Å². The molecule has 1 heteroatoms. The fraction of sp³-hybridized carbons (Fsp3) is 0.500. The topological polar surface area (TPSA) is 20.2 Å². The third kappa shape index (κ3) is 14.9. The van der Waals surface area contributed by atoms with Crippen LogP contribution < -0.4 is 0 Å². The zero-order chi connectivity index (χ0) is 12.6. The number of unbranched alkanes of at least 4 members (excludes halogenated alkanes) is 1. The van der Waals surface area contributed by atoms with Crippen LogP contribution in [0.3, 0.4) is 0 Å². The first kappa shape index (κ1) is 15.9. The highest BCUT2D eigenvalue weighted by molar-refractivity contribution is 4.99. The number of rotatable bonds is 10. The molecule has 0 saturated carbocycles. The van der Waals surface area contributed by atoms with Crippen LogP contribution in [0.25, 0.3) is 0 Å². The molecule has 96 valence electrons. The van der Waals surface area contributed by atoms with Crippen molar-refractivity contribution in [3.05, 3.63) is 48.6 Å². The molecule has 0 aliphatic heterocycles. The molecule has 0 bridgehead atoms. The van der Waals surface area contributed by atoms with E-state index in [1.165, 1.54) is 0 Å². The van der Waals surface area contributed by atoms with Crippen molar-refractivity contribution in [1.82, 2.24) is 0 Å². The van der Waals surface area contributed by atoms with E-state index in [1.54, 1.807) is 0 Å². The molecule has 0 aliphatic rings. The predicted octanol–water partition coefficient (Wildman–Crippen LogP) is 4.56. The van der Waals surface area contributed by atoms with Crippen molar-refractivity contribution in [3.63, 3.8) is 0 Å². The van der Waals surface area contributed by atoms with E-state index in [4.69, 9.17) is 5.11 Å². The Morgan fingerprint density at radius 3 is 1.65 bits per heavy atom. The van der Waals surface area contributed by atoms with Crippen LogP contribution in [0.15, 0.2) is 48.6 Å². The average molecular weight is 234 g/mol. The highest BCUT2D eigenvalue weighted by atomic mass is 16.2. The first-order valence-corrected chi connectivity index (χ1v) is 6.62. The molecule has 0 heterocycles. The Bertz CT molecular complexity index is 246. The Morgan fingerprint density at radius 2 is 1.18 bits per heavy atom. The van der Waals surface area contributed by atoms with Crippen molar-refractivity contribution < 1.29 is 5.11 Å². The molecule has 0 fully saturated rings. The molecule has 0 atom stereocenters. The molecule has 0 radical (unpaired) electrons. The molecule has 0 aromatic carbocycles. The smallest absolute Gasteiger partial charge is 0.0433 e. The summed E-state index contributed by atoms with van der Waals surface area (Å²) in [6.45, 7) is 2.44. The van der Waals surface area contributed by atoms with E-state index < -0.39 is 0 Å². The largest absolute Gasteiger partial charge is 0.396 e. The third-order valence-electron chi connectivity index (χ3n) is 2.25.